The number of carboxylic acid groups (broad SMARTS) is 2. The first-order valence-electron chi connectivity index (χ1n) is 9.60. The van der Waals surface area contributed by atoms with Gasteiger partial charge in [0.15, 0.2) is 0 Å². The molecule has 0 saturated carbocycles. The SMILES string of the molecule is COc1ccc(N2CCN(Cc3cc4ccccc4[nH]3)CC2)cc1.O=C(O)C(=O)O. The summed E-state index contributed by atoms with van der Waals surface area (Å²) in [5.41, 5.74) is 3.81. The minimum Gasteiger partial charge on any atom is -0.497 e. The van der Waals surface area contributed by atoms with Gasteiger partial charge in [0.2, 0.25) is 0 Å². The summed E-state index contributed by atoms with van der Waals surface area (Å²) in [6.45, 7) is 5.28. The molecule has 1 fully saturated rings. The molecule has 3 N–H and O–H groups in total. The summed E-state index contributed by atoms with van der Waals surface area (Å²) in [7, 11) is 1.71. The lowest BCUT2D eigenvalue weighted by atomic mass is 10.2. The summed E-state index contributed by atoms with van der Waals surface area (Å²) < 4.78 is 5.23. The molecule has 4 rings (SSSR count). The van der Waals surface area contributed by atoms with Gasteiger partial charge in [0.25, 0.3) is 0 Å². The zero-order chi connectivity index (χ0) is 21.5. The van der Waals surface area contributed by atoms with E-state index in [1.54, 1.807) is 7.11 Å². The summed E-state index contributed by atoms with van der Waals surface area (Å²) in [5, 5.41) is 16.1. The second-order valence-electron chi connectivity index (χ2n) is 6.95. The van der Waals surface area contributed by atoms with Crippen LogP contribution >= 0.6 is 0 Å². The molecule has 1 aromatic heterocycles. The monoisotopic (exact) mass is 411 g/mol. The first kappa shape index (κ1) is 21.2. The van der Waals surface area contributed by atoms with E-state index in [1.807, 2.05) is 12.1 Å². The van der Waals surface area contributed by atoms with Crippen molar-refractivity contribution >= 4 is 28.5 Å². The number of ether oxygens (including phenoxy) is 1. The number of fused-ring (bicyclic) bond motifs is 1. The highest BCUT2D eigenvalue weighted by molar-refractivity contribution is 6.27. The minimum absolute atomic E-state index is 0.913. The van der Waals surface area contributed by atoms with Crippen molar-refractivity contribution in [2.45, 2.75) is 6.54 Å². The topological polar surface area (TPSA) is 106 Å². The van der Waals surface area contributed by atoms with E-state index in [0.717, 1.165) is 38.5 Å². The number of hydrogen-bond donors (Lipinski definition) is 3. The molecule has 0 amide bonds. The van der Waals surface area contributed by atoms with Gasteiger partial charge in [0.1, 0.15) is 5.75 Å². The molecule has 1 aliphatic rings. The highest BCUT2D eigenvalue weighted by Crippen LogP contribution is 2.21. The van der Waals surface area contributed by atoms with E-state index in [4.69, 9.17) is 24.5 Å². The van der Waals surface area contributed by atoms with Crippen LogP contribution in [0.15, 0.2) is 54.6 Å². The lowest BCUT2D eigenvalue weighted by molar-refractivity contribution is -0.159. The van der Waals surface area contributed by atoms with Gasteiger partial charge in [-0.25, -0.2) is 9.59 Å². The van der Waals surface area contributed by atoms with Crippen molar-refractivity contribution in [1.29, 1.82) is 0 Å². The Bertz CT molecular complexity index is 946. The van der Waals surface area contributed by atoms with Crippen LogP contribution in [0.25, 0.3) is 10.9 Å². The number of nitrogens with zero attached hydrogens (tertiary/aromatic N) is 2. The van der Waals surface area contributed by atoms with Crippen molar-refractivity contribution in [3.05, 3.63) is 60.3 Å². The number of rotatable bonds is 4. The molecule has 0 unspecified atom stereocenters. The number of carbonyl (C=O) groups is 2. The third-order valence-electron chi connectivity index (χ3n) is 4.97. The molecule has 8 heteroatoms. The van der Waals surface area contributed by atoms with Crippen molar-refractivity contribution < 1.29 is 24.5 Å². The van der Waals surface area contributed by atoms with Gasteiger partial charge in [-0.15, -0.1) is 0 Å². The average molecular weight is 411 g/mol. The molecule has 0 atom stereocenters. The smallest absolute Gasteiger partial charge is 0.414 e. The van der Waals surface area contributed by atoms with Crippen molar-refractivity contribution in [3.8, 4) is 5.75 Å². The lowest BCUT2D eigenvalue weighted by Gasteiger charge is -2.36. The van der Waals surface area contributed by atoms with E-state index < -0.39 is 11.9 Å². The van der Waals surface area contributed by atoms with E-state index in [2.05, 4.69) is 57.2 Å². The quantitative estimate of drug-likeness (QED) is 0.567. The first-order chi connectivity index (χ1) is 14.5. The number of aromatic nitrogens is 1. The Balaban J connectivity index is 0.000000377. The van der Waals surface area contributed by atoms with E-state index in [9.17, 15) is 0 Å². The third-order valence-corrected chi connectivity index (χ3v) is 4.97. The fourth-order valence-electron chi connectivity index (χ4n) is 3.42. The van der Waals surface area contributed by atoms with Crippen LogP contribution in [0.1, 0.15) is 5.69 Å². The van der Waals surface area contributed by atoms with Gasteiger partial charge in [0.05, 0.1) is 7.11 Å². The van der Waals surface area contributed by atoms with E-state index in [1.165, 1.54) is 22.3 Å². The number of carboxylic acids is 2. The predicted molar refractivity (Wildman–Crippen MR) is 114 cm³/mol. The number of aromatic amines is 1. The predicted octanol–water partition coefficient (Wildman–Crippen LogP) is 2.65. The highest BCUT2D eigenvalue weighted by atomic mass is 16.5. The molecule has 2 heterocycles. The number of methoxy groups -OCH3 is 1. The first-order valence-corrected chi connectivity index (χ1v) is 9.60. The van der Waals surface area contributed by atoms with Crippen LogP contribution in [0.3, 0.4) is 0 Å². The lowest BCUT2D eigenvalue weighted by Crippen LogP contribution is -2.46. The normalized spacial score (nSPS) is 14.1. The van der Waals surface area contributed by atoms with E-state index >= 15 is 0 Å². The summed E-state index contributed by atoms with van der Waals surface area (Å²) in [6.07, 6.45) is 0. The molecule has 1 saturated heterocycles. The Morgan fingerprint density at radius 2 is 1.60 bits per heavy atom. The number of hydrogen-bond acceptors (Lipinski definition) is 5. The molecule has 1 aliphatic heterocycles. The molecular weight excluding hydrogens is 386 g/mol. The molecule has 158 valence electrons. The number of nitrogens with one attached hydrogen (secondary N) is 1. The van der Waals surface area contributed by atoms with Crippen molar-refractivity contribution in [1.82, 2.24) is 9.88 Å². The number of piperazine rings is 1. The molecule has 0 aliphatic carbocycles. The molecule has 0 radical (unpaired) electrons. The Morgan fingerprint density at radius 1 is 0.967 bits per heavy atom. The number of benzene rings is 2. The van der Waals surface area contributed by atoms with E-state index in [0.29, 0.717) is 0 Å². The van der Waals surface area contributed by atoms with Gasteiger partial charge in [-0.3, -0.25) is 4.90 Å². The van der Waals surface area contributed by atoms with Crippen LogP contribution in [-0.4, -0.2) is 65.3 Å². The number of aliphatic carboxylic acids is 2. The second-order valence-corrected chi connectivity index (χ2v) is 6.95. The van der Waals surface area contributed by atoms with Gasteiger partial charge in [-0.2, -0.15) is 0 Å². The van der Waals surface area contributed by atoms with Crippen LogP contribution in [0, 0.1) is 0 Å². The Morgan fingerprint density at radius 3 is 2.17 bits per heavy atom. The maximum atomic E-state index is 9.10. The van der Waals surface area contributed by atoms with Gasteiger partial charge >= 0.3 is 11.9 Å². The number of anilines is 1. The molecule has 0 spiro atoms. The van der Waals surface area contributed by atoms with E-state index in [-0.39, 0.29) is 0 Å². The summed E-state index contributed by atoms with van der Waals surface area (Å²) in [6, 6.07) is 19.1. The van der Waals surface area contributed by atoms with Gasteiger partial charge in [-0.05, 0) is 41.8 Å². The number of H-pyrrole nitrogens is 1. The highest BCUT2D eigenvalue weighted by Gasteiger charge is 2.18. The molecule has 8 nitrogen and oxygen atoms in total. The van der Waals surface area contributed by atoms with Crippen LogP contribution in [0.5, 0.6) is 5.75 Å². The van der Waals surface area contributed by atoms with Crippen LogP contribution in [-0.2, 0) is 16.1 Å². The summed E-state index contributed by atoms with van der Waals surface area (Å²) in [5.74, 6) is -2.74. The van der Waals surface area contributed by atoms with Crippen molar-refractivity contribution in [2.75, 3.05) is 38.2 Å². The Labute approximate surface area is 174 Å². The molecular formula is C22H25N3O5. The fourth-order valence-corrected chi connectivity index (χ4v) is 3.42. The summed E-state index contributed by atoms with van der Waals surface area (Å²) >= 11 is 0. The zero-order valence-electron chi connectivity index (χ0n) is 16.7. The van der Waals surface area contributed by atoms with Crippen LogP contribution in [0.4, 0.5) is 5.69 Å². The molecule has 2 aromatic carbocycles. The Hall–Kier alpha value is -3.52. The second kappa shape index (κ2) is 9.80. The average Bonchev–Trinajstić information content (AvgIpc) is 3.17. The van der Waals surface area contributed by atoms with Gasteiger partial charge in [0, 0.05) is 49.6 Å². The molecule has 0 bridgehead atoms. The van der Waals surface area contributed by atoms with Gasteiger partial charge < -0.3 is 24.8 Å². The largest absolute Gasteiger partial charge is 0.497 e. The summed E-state index contributed by atoms with van der Waals surface area (Å²) in [4.78, 5) is 26.7. The minimum atomic E-state index is -1.82. The van der Waals surface area contributed by atoms with Crippen LogP contribution in [0.2, 0.25) is 0 Å². The standard InChI is InChI=1S/C20H23N3O.C2H2O4/c1-24-19-8-6-18(7-9-19)23-12-10-22(11-13-23)15-17-14-16-4-2-3-5-20(16)21-17;3-1(4)2(5)6/h2-9,14,21H,10-13,15H2,1H3;(H,3,4)(H,5,6). The molecule has 3 aromatic rings. The van der Waals surface area contributed by atoms with Crippen molar-refractivity contribution in [3.63, 3.8) is 0 Å². The van der Waals surface area contributed by atoms with Gasteiger partial charge in [-0.1, -0.05) is 18.2 Å². The van der Waals surface area contributed by atoms with Crippen molar-refractivity contribution in [2.24, 2.45) is 0 Å². The molecule has 30 heavy (non-hydrogen) atoms. The fraction of sp³-hybridized carbons (Fsp3) is 0.273. The zero-order valence-corrected chi connectivity index (χ0v) is 16.7. The third kappa shape index (κ3) is 5.51. The number of para-hydroxylation sites is 1. The Kier molecular flexibility index (Phi) is 6.92. The van der Waals surface area contributed by atoms with Crippen LogP contribution < -0.4 is 9.64 Å². The maximum Gasteiger partial charge on any atom is 0.414 e. The maximum absolute atomic E-state index is 9.10.